The second-order valence-corrected chi connectivity index (χ2v) is 3.42. The maximum atomic E-state index is 11.5. The quantitative estimate of drug-likeness (QED) is 0.553. The molecule has 0 radical (unpaired) electrons. The van der Waals surface area contributed by atoms with Crippen LogP contribution in [0, 0.1) is 10.1 Å². The van der Waals surface area contributed by atoms with Crippen LogP contribution in [0.2, 0.25) is 0 Å². The molecule has 0 aliphatic rings. The Bertz CT molecular complexity index is 564. The van der Waals surface area contributed by atoms with E-state index in [9.17, 15) is 24.5 Å². The third-order valence-corrected chi connectivity index (χ3v) is 2.18. The fourth-order valence-electron chi connectivity index (χ4n) is 1.25. The number of aromatic nitrogens is 1. The summed E-state index contributed by atoms with van der Waals surface area (Å²) < 4.78 is 0.844. The van der Waals surface area contributed by atoms with E-state index in [1.165, 1.54) is 6.92 Å². The predicted molar refractivity (Wildman–Crippen MR) is 59.8 cm³/mol. The van der Waals surface area contributed by atoms with Crippen molar-refractivity contribution in [3.8, 4) is 0 Å². The zero-order valence-electron chi connectivity index (χ0n) is 9.32. The lowest BCUT2D eigenvalue weighted by Gasteiger charge is -2.12. The Morgan fingerprint density at radius 2 is 2.11 bits per heavy atom. The molecular formula is C9H10N4O5. The molecule has 3 amide bonds. The maximum Gasteiger partial charge on any atom is 0.318 e. The predicted octanol–water partition coefficient (Wildman–Crippen LogP) is -0.488. The first-order chi connectivity index (χ1) is 8.32. The van der Waals surface area contributed by atoms with Crippen molar-refractivity contribution < 1.29 is 14.5 Å². The monoisotopic (exact) mass is 254 g/mol. The lowest BCUT2D eigenvalue weighted by atomic mass is 10.3. The average molecular weight is 254 g/mol. The van der Waals surface area contributed by atoms with E-state index in [1.807, 2.05) is 0 Å². The number of urea groups is 1. The Morgan fingerprint density at radius 1 is 1.50 bits per heavy atom. The Morgan fingerprint density at radius 3 is 2.61 bits per heavy atom. The minimum absolute atomic E-state index is 0.340. The van der Waals surface area contributed by atoms with Gasteiger partial charge in [0.15, 0.2) is 0 Å². The molecule has 0 unspecified atom stereocenters. The third kappa shape index (κ3) is 2.90. The van der Waals surface area contributed by atoms with Gasteiger partial charge in [0.05, 0.1) is 11.1 Å². The number of nitrogens with one attached hydrogen (secondary N) is 1. The first-order valence-electron chi connectivity index (χ1n) is 4.80. The van der Waals surface area contributed by atoms with E-state index in [0.29, 0.717) is 0 Å². The number of carbonyl (C=O) groups is 2. The first kappa shape index (κ1) is 13.4. The molecule has 1 atom stereocenters. The van der Waals surface area contributed by atoms with Crippen molar-refractivity contribution in [2.75, 3.05) is 0 Å². The second kappa shape index (κ2) is 5.08. The lowest BCUT2D eigenvalue weighted by Crippen LogP contribution is -2.41. The molecule has 9 heteroatoms. The molecule has 0 aliphatic heterocycles. The molecular weight excluding hydrogens is 244 g/mol. The van der Waals surface area contributed by atoms with Crippen LogP contribution in [0.5, 0.6) is 0 Å². The van der Waals surface area contributed by atoms with Gasteiger partial charge in [-0.2, -0.15) is 0 Å². The van der Waals surface area contributed by atoms with Gasteiger partial charge in [-0.3, -0.25) is 29.6 Å². The molecule has 9 nitrogen and oxygen atoms in total. The van der Waals surface area contributed by atoms with Gasteiger partial charge in [-0.25, -0.2) is 4.79 Å². The summed E-state index contributed by atoms with van der Waals surface area (Å²) in [5, 5.41) is 12.3. The fraction of sp³-hybridized carbons (Fsp3) is 0.222. The van der Waals surface area contributed by atoms with Crippen molar-refractivity contribution in [2.45, 2.75) is 13.0 Å². The summed E-state index contributed by atoms with van der Waals surface area (Å²) >= 11 is 0. The van der Waals surface area contributed by atoms with Crippen LogP contribution >= 0.6 is 0 Å². The number of imide groups is 1. The van der Waals surface area contributed by atoms with Crippen LogP contribution in [-0.4, -0.2) is 21.4 Å². The van der Waals surface area contributed by atoms with E-state index in [0.717, 1.165) is 22.9 Å². The Hall–Kier alpha value is -2.71. The molecule has 1 aromatic heterocycles. The molecule has 0 fully saturated rings. The SMILES string of the molecule is C[C@@H](C(=O)NC(N)=O)n1cc([N+](=O)[O-])ccc1=O. The highest BCUT2D eigenvalue weighted by molar-refractivity contribution is 5.95. The van der Waals surface area contributed by atoms with Crippen molar-refractivity contribution in [3.05, 3.63) is 38.8 Å². The Balaban J connectivity index is 3.12. The van der Waals surface area contributed by atoms with E-state index in [-0.39, 0.29) is 5.69 Å². The number of rotatable bonds is 3. The highest BCUT2D eigenvalue weighted by Crippen LogP contribution is 2.10. The molecule has 0 saturated heterocycles. The van der Waals surface area contributed by atoms with Crippen LogP contribution in [0.25, 0.3) is 0 Å². The van der Waals surface area contributed by atoms with Crippen molar-refractivity contribution in [1.29, 1.82) is 0 Å². The molecule has 18 heavy (non-hydrogen) atoms. The number of carbonyl (C=O) groups excluding carboxylic acids is 2. The number of amides is 3. The highest BCUT2D eigenvalue weighted by atomic mass is 16.6. The van der Waals surface area contributed by atoms with E-state index in [1.54, 1.807) is 5.32 Å². The summed E-state index contributed by atoms with van der Waals surface area (Å²) in [4.78, 5) is 43.3. The van der Waals surface area contributed by atoms with Gasteiger partial charge in [-0.05, 0) is 6.92 Å². The van der Waals surface area contributed by atoms with Gasteiger partial charge in [0, 0.05) is 12.1 Å². The van der Waals surface area contributed by atoms with E-state index in [2.05, 4.69) is 0 Å². The van der Waals surface area contributed by atoms with Crippen LogP contribution in [0.4, 0.5) is 10.5 Å². The van der Waals surface area contributed by atoms with Gasteiger partial charge < -0.3 is 5.73 Å². The lowest BCUT2D eigenvalue weighted by molar-refractivity contribution is -0.385. The highest BCUT2D eigenvalue weighted by Gasteiger charge is 2.19. The van der Waals surface area contributed by atoms with E-state index >= 15 is 0 Å². The van der Waals surface area contributed by atoms with E-state index in [4.69, 9.17) is 5.73 Å². The van der Waals surface area contributed by atoms with Crippen LogP contribution in [0.3, 0.4) is 0 Å². The molecule has 3 N–H and O–H groups in total. The third-order valence-electron chi connectivity index (χ3n) is 2.18. The standard InChI is InChI=1S/C9H10N4O5/c1-5(8(15)11-9(10)16)12-4-6(13(17)18)2-3-7(12)14/h2-5H,1H3,(H3,10,11,15,16)/t5-/m0/s1. The van der Waals surface area contributed by atoms with Crippen molar-refractivity contribution >= 4 is 17.6 Å². The average Bonchev–Trinajstić information content (AvgIpc) is 2.27. The van der Waals surface area contributed by atoms with Crippen LogP contribution in [0.15, 0.2) is 23.1 Å². The molecule has 0 aromatic carbocycles. The zero-order chi connectivity index (χ0) is 13.9. The minimum Gasteiger partial charge on any atom is -0.351 e. The van der Waals surface area contributed by atoms with Crippen molar-refractivity contribution in [1.82, 2.24) is 9.88 Å². The summed E-state index contributed by atoms with van der Waals surface area (Å²) in [5.41, 5.74) is 3.82. The maximum absolute atomic E-state index is 11.5. The summed E-state index contributed by atoms with van der Waals surface area (Å²) in [6, 6.07) is -0.167. The number of hydrogen-bond acceptors (Lipinski definition) is 5. The van der Waals surface area contributed by atoms with Crippen LogP contribution < -0.4 is 16.6 Å². The first-order valence-corrected chi connectivity index (χ1v) is 4.80. The van der Waals surface area contributed by atoms with Crippen molar-refractivity contribution in [2.24, 2.45) is 5.73 Å². The van der Waals surface area contributed by atoms with E-state index < -0.39 is 28.5 Å². The number of hydrogen-bond donors (Lipinski definition) is 2. The summed E-state index contributed by atoms with van der Waals surface area (Å²) in [5.74, 6) is -0.829. The van der Waals surface area contributed by atoms with Gasteiger partial charge in [-0.1, -0.05) is 0 Å². The molecule has 0 spiro atoms. The van der Waals surface area contributed by atoms with Gasteiger partial charge in [0.1, 0.15) is 6.04 Å². The summed E-state index contributed by atoms with van der Waals surface area (Å²) in [6.07, 6.45) is 0.924. The largest absolute Gasteiger partial charge is 0.351 e. The minimum atomic E-state index is -1.09. The Labute approximate surface area is 100 Å². The normalized spacial score (nSPS) is 11.6. The molecule has 96 valence electrons. The Kier molecular flexibility index (Phi) is 3.77. The van der Waals surface area contributed by atoms with Gasteiger partial charge in [0.2, 0.25) is 0 Å². The van der Waals surface area contributed by atoms with Crippen molar-refractivity contribution in [3.63, 3.8) is 0 Å². The topological polar surface area (TPSA) is 137 Å². The number of primary amides is 1. The molecule has 0 aliphatic carbocycles. The fourth-order valence-corrected chi connectivity index (χ4v) is 1.25. The number of pyridine rings is 1. The molecule has 1 heterocycles. The number of nitrogens with zero attached hydrogens (tertiary/aromatic N) is 2. The van der Waals surface area contributed by atoms with Crippen LogP contribution in [0.1, 0.15) is 13.0 Å². The number of nitro groups is 1. The molecule has 1 rings (SSSR count). The number of nitrogens with two attached hydrogens (primary N) is 1. The summed E-state index contributed by atoms with van der Waals surface area (Å²) in [7, 11) is 0. The smallest absolute Gasteiger partial charge is 0.318 e. The molecule has 0 bridgehead atoms. The van der Waals surface area contributed by atoms with Gasteiger partial charge in [0.25, 0.3) is 17.2 Å². The van der Waals surface area contributed by atoms with Crippen LogP contribution in [-0.2, 0) is 4.79 Å². The molecule has 1 aromatic rings. The zero-order valence-corrected chi connectivity index (χ0v) is 9.32. The second-order valence-electron chi connectivity index (χ2n) is 3.42. The van der Waals surface area contributed by atoms with Gasteiger partial charge >= 0.3 is 6.03 Å². The summed E-state index contributed by atoms with van der Waals surface area (Å²) in [6.45, 7) is 1.31. The molecule has 0 saturated carbocycles. The van der Waals surface area contributed by atoms with Gasteiger partial charge in [-0.15, -0.1) is 0 Å².